The highest BCUT2D eigenvalue weighted by Gasteiger charge is 2.03. The number of hydrogen-bond acceptors (Lipinski definition) is 3. The van der Waals surface area contributed by atoms with Gasteiger partial charge in [0.05, 0.1) is 0 Å². The molecule has 0 fully saturated rings. The van der Waals surface area contributed by atoms with Gasteiger partial charge in [-0.3, -0.25) is 0 Å². The standard InChI is InChI=1S/C16H12N2O2/c19-15-8-5-11-3-1-2-4-13(11)14(15)7-6-12-9-10-17-16(20)18-12/h1-10,19H,(H,17,18,20)/b7-6+. The molecule has 1 heterocycles. The van der Waals surface area contributed by atoms with Crippen LogP contribution in [0.5, 0.6) is 5.75 Å². The van der Waals surface area contributed by atoms with E-state index in [9.17, 15) is 9.90 Å². The highest BCUT2D eigenvalue weighted by molar-refractivity contribution is 5.95. The molecule has 0 radical (unpaired) electrons. The maximum atomic E-state index is 11.1. The van der Waals surface area contributed by atoms with Crippen molar-refractivity contribution in [3.63, 3.8) is 0 Å². The quantitative estimate of drug-likeness (QED) is 0.748. The van der Waals surface area contributed by atoms with Crippen LogP contribution in [-0.2, 0) is 0 Å². The predicted octanol–water partition coefficient (Wildman–Crippen LogP) is 2.80. The zero-order valence-corrected chi connectivity index (χ0v) is 10.6. The lowest BCUT2D eigenvalue weighted by Crippen LogP contribution is -2.09. The van der Waals surface area contributed by atoms with Crippen molar-refractivity contribution in [3.8, 4) is 5.75 Å². The molecule has 3 aromatic rings. The minimum Gasteiger partial charge on any atom is -0.507 e. The van der Waals surface area contributed by atoms with Crippen molar-refractivity contribution in [2.45, 2.75) is 0 Å². The average Bonchev–Trinajstić information content (AvgIpc) is 2.46. The number of rotatable bonds is 2. The molecule has 0 aliphatic carbocycles. The fourth-order valence-corrected chi connectivity index (χ4v) is 2.11. The Kier molecular flexibility index (Phi) is 3.05. The minimum absolute atomic E-state index is 0.205. The lowest BCUT2D eigenvalue weighted by molar-refractivity contribution is 0.475. The summed E-state index contributed by atoms with van der Waals surface area (Å²) >= 11 is 0. The fraction of sp³-hybridized carbons (Fsp3) is 0. The molecule has 0 unspecified atom stereocenters. The van der Waals surface area contributed by atoms with Crippen LogP contribution >= 0.6 is 0 Å². The normalized spacial score (nSPS) is 11.2. The monoisotopic (exact) mass is 264 g/mol. The summed E-state index contributed by atoms with van der Waals surface area (Å²) in [6.07, 6.45) is 4.97. The van der Waals surface area contributed by atoms with E-state index in [0.29, 0.717) is 5.69 Å². The number of benzene rings is 2. The van der Waals surface area contributed by atoms with Crippen LogP contribution in [0.1, 0.15) is 11.3 Å². The molecule has 0 saturated carbocycles. The lowest BCUT2D eigenvalue weighted by atomic mass is 10.0. The van der Waals surface area contributed by atoms with E-state index >= 15 is 0 Å². The Balaban J connectivity index is 2.10. The zero-order chi connectivity index (χ0) is 13.9. The van der Waals surface area contributed by atoms with Gasteiger partial charge < -0.3 is 10.1 Å². The second-order valence-electron chi connectivity index (χ2n) is 4.38. The van der Waals surface area contributed by atoms with E-state index < -0.39 is 5.69 Å². The van der Waals surface area contributed by atoms with Crippen molar-refractivity contribution in [2.75, 3.05) is 0 Å². The minimum atomic E-state index is -0.394. The first-order valence-corrected chi connectivity index (χ1v) is 6.18. The van der Waals surface area contributed by atoms with Gasteiger partial charge in [0.25, 0.3) is 0 Å². The van der Waals surface area contributed by atoms with Gasteiger partial charge in [0.2, 0.25) is 0 Å². The molecule has 0 bridgehead atoms. The zero-order valence-electron chi connectivity index (χ0n) is 10.6. The Bertz CT molecular complexity index is 850. The molecule has 20 heavy (non-hydrogen) atoms. The predicted molar refractivity (Wildman–Crippen MR) is 79.4 cm³/mol. The molecule has 0 saturated heterocycles. The molecule has 1 aromatic heterocycles. The van der Waals surface area contributed by atoms with E-state index in [1.54, 1.807) is 24.3 Å². The summed E-state index contributed by atoms with van der Waals surface area (Å²) in [5.41, 5.74) is 0.965. The Morgan fingerprint density at radius 3 is 2.75 bits per heavy atom. The van der Waals surface area contributed by atoms with E-state index in [1.807, 2.05) is 30.3 Å². The van der Waals surface area contributed by atoms with Gasteiger partial charge in [0.1, 0.15) is 5.75 Å². The van der Waals surface area contributed by atoms with Crippen LogP contribution in [0.2, 0.25) is 0 Å². The van der Waals surface area contributed by atoms with Gasteiger partial charge in [-0.2, -0.15) is 0 Å². The molecule has 4 heteroatoms. The summed E-state index contributed by atoms with van der Waals surface area (Å²) in [6.45, 7) is 0. The third-order valence-electron chi connectivity index (χ3n) is 3.07. The number of phenolic OH excluding ortho intramolecular Hbond substituents is 1. The summed E-state index contributed by atoms with van der Waals surface area (Å²) in [4.78, 5) is 17.3. The van der Waals surface area contributed by atoms with Gasteiger partial charge >= 0.3 is 5.69 Å². The molecule has 0 aliphatic heterocycles. The third-order valence-corrected chi connectivity index (χ3v) is 3.07. The van der Waals surface area contributed by atoms with Gasteiger partial charge in [0.15, 0.2) is 0 Å². The van der Waals surface area contributed by atoms with E-state index in [2.05, 4.69) is 9.97 Å². The molecule has 2 aromatic carbocycles. The number of phenols is 1. The lowest BCUT2D eigenvalue weighted by Gasteiger charge is -2.05. The highest BCUT2D eigenvalue weighted by Crippen LogP contribution is 2.28. The number of nitrogens with zero attached hydrogens (tertiary/aromatic N) is 1. The Hall–Kier alpha value is -2.88. The summed E-state index contributed by atoms with van der Waals surface area (Å²) in [5.74, 6) is 0.205. The van der Waals surface area contributed by atoms with Gasteiger partial charge in [-0.1, -0.05) is 30.3 Å². The summed E-state index contributed by atoms with van der Waals surface area (Å²) < 4.78 is 0. The average molecular weight is 264 g/mol. The molecular weight excluding hydrogens is 252 g/mol. The van der Waals surface area contributed by atoms with Gasteiger partial charge in [0, 0.05) is 17.5 Å². The molecule has 98 valence electrons. The molecule has 0 amide bonds. The molecule has 0 atom stereocenters. The number of aromatic hydroxyl groups is 1. The summed E-state index contributed by atoms with van der Waals surface area (Å²) in [6, 6.07) is 13.0. The van der Waals surface area contributed by atoms with Gasteiger partial charge in [-0.15, -0.1) is 0 Å². The molecular formula is C16H12N2O2. The first kappa shape index (κ1) is 12.2. The topological polar surface area (TPSA) is 66.0 Å². The molecule has 2 N–H and O–H groups in total. The number of aromatic nitrogens is 2. The number of H-pyrrole nitrogens is 1. The van der Waals surface area contributed by atoms with Crippen LogP contribution in [-0.4, -0.2) is 15.1 Å². The Morgan fingerprint density at radius 2 is 1.90 bits per heavy atom. The van der Waals surface area contributed by atoms with Crippen molar-refractivity contribution in [2.24, 2.45) is 0 Å². The highest BCUT2D eigenvalue weighted by atomic mass is 16.3. The van der Waals surface area contributed by atoms with Crippen LogP contribution < -0.4 is 5.69 Å². The second kappa shape index (κ2) is 5.01. The van der Waals surface area contributed by atoms with Crippen LogP contribution in [0.4, 0.5) is 0 Å². The molecule has 4 nitrogen and oxygen atoms in total. The Labute approximate surface area is 115 Å². The van der Waals surface area contributed by atoms with Crippen LogP contribution in [0.15, 0.2) is 53.5 Å². The molecule has 0 aliphatic rings. The first-order chi connectivity index (χ1) is 9.74. The van der Waals surface area contributed by atoms with E-state index in [-0.39, 0.29) is 5.75 Å². The Morgan fingerprint density at radius 1 is 1.05 bits per heavy atom. The number of aromatic amines is 1. The van der Waals surface area contributed by atoms with Gasteiger partial charge in [-0.25, -0.2) is 9.78 Å². The SMILES string of the molecule is O=c1nccc(/C=C/c2c(O)ccc3ccccc23)[nH]1. The molecule has 0 spiro atoms. The number of hydrogen-bond donors (Lipinski definition) is 2. The van der Waals surface area contributed by atoms with Crippen LogP contribution in [0.25, 0.3) is 22.9 Å². The smallest absolute Gasteiger partial charge is 0.345 e. The fourth-order valence-electron chi connectivity index (χ4n) is 2.11. The van der Waals surface area contributed by atoms with E-state index in [0.717, 1.165) is 16.3 Å². The largest absolute Gasteiger partial charge is 0.507 e. The van der Waals surface area contributed by atoms with E-state index in [1.165, 1.54) is 6.20 Å². The maximum Gasteiger partial charge on any atom is 0.345 e. The third kappa shape index (κ3) is 2.31. The second-order valence-corrected chi connectivity index (χ2v) is 4.38. The number of nitrogens with one attached hydrogen (secondary N) is 1. The van der Waals surface area contributed by atoms with Crippen molar-refractivity contribution in [1.82, 2.24) is 9.97 Å². The molecule has 3 rings (SSSR count). The summed E-state index contributed by atoms with van der Waals surface area (Å²) in [7, 11) is 0. The van der Waals surface area contributed by atoms with Gasteiger partial charge in [-0.05, 0) is 35.1 Å². The number of fused-ring (bicyclic) bond motifs is 1. The van der Waals surface area contributed by atoms with Crippen LogP contribution in [0, 0.1) is 0 Å². The van der Waals surface area contributed by atoms with Crippen LogP contribution in [0.3, 0.4) is 0 Å². The maximum absolute atomic E-state index is 11.1. The first-order valence-electron chi connectivity index (χ1n) is 6.18. The summed E-state index contributed by atoms with van der Waals surface area (Å²) in [5, 5.41) is 12.0. The van der Waals surface area contributed by atoms with Crippen molar-refractivity contribution in [3.05, 3.63) is 70.4 Å². The van der Waals surface area contributed by atoms with Crippen molar-refractivity contribution in [1.29, 1.82) is 0 Å². The van der Waals surface area contributed by atoms with Crippen molar-refractivity contribution >= 4 is 22.9 Å². The van der Waals surface area contributed by atoms with Crippen molar-refractivity contribution < 1.29 is 5.11 Å². The van der Waals surface area contributed by atoms with E-state index in [4.69, 9.17) is 0 Å².